The van der Waals surface area contributed by atoms with Crippen LogP contribution in [0.1, 0.15) is 18.9 Å². The molecule has 0 bridgehead atoms. The fourth-order valence-electron chi connectivity index (χ4n) is 2.23. The highest BCUT2D eigenvalue weighted by Crippen LogP contribution is 2.25. The summed E-state index contributed by atoms with van der Waals surface area (Å²) in [6.07, 6.45) is 1.27. The average Bonchev–Trinajstić information content (AvgIpc) is 2.90. The van der Waals surface area contributed by atoms with Crippen LogP contribution in [0.4, 0.5) is 5.82 Å². The second-order valence-electron chi connectivity index (χ2n) is 5.33. The lowest BCUT2D eigenvalue weighted by Gasteiger charge is -2.11. The topological polar surface area (TPSA) is 65.0 Å². The minimum Gasteiger partial charge on any atom is -0.385 e. The van der Waals surface area contributed by atoms with Crippen molar-refractivity contribution in [2.75, 3.05) is 19.0 Å². The van der Waals surface area contributed by atoms with E-state index in [9.17, 15) is 5.11 Å². The van der Waals surface area contributed by atoms with Gasteiger partial charge in [0.1, 0.15) is 17.7 Å². The SMILES string of the molecule is C[C@H](O)c1nc2ccc(-c3ccc(N(C)C)nc3)cc2[nH]1. The van der Waals surface area contributed by atoms with E-state index in [1.54, 1.807) is 6.92 Å². The van der Waals surface area contributed by atoms with Crippen molar-refractivity contribution in [3.8, 4) is 11.1 Å². The Kier molecular flexibility index (Phi) is 3.35. The second kappa shape index (κ2) is 5.18. The molecule has 108 valence electrons. The van der Waals surface area contributed by atoms with Gasteiger partial charge in [-0.25, -0.2) is 9.97 Å². The summed E-state index contributed by atoms with van der Waals surface area (Å²) in [4.78, 5) is 13.9. The van der Waals surface area contributed by atoms with Crippen LogP contribution in [0, 0.1) is 0 Å². The van der Waals surface area contributed by atoms with Gasteiger partial charge in [-0.15, -0.1) is 0 Å². The quantitative estimate of drug-likeness (QED) is 0.775. The number of fused-ring (bicyclic) bond motifs is 1. The lowest BCUT2D eigenvalue weighted by molar-refractivity contribution is 0.190. The highest BCUT2D eigenvalue weighted by Gasteiger charge is 2.09. The summed E-state index contributed by atoms with van der Waals surface area (Å²) in [6.45, 7) is 1.70. The summed E-state index contributed by atoms with van der Waals surface area (Å²) < 4.78 is 0. The van der Waals surface area contributed by atoms with Gasteiger partial charge in [0.2, 0.25) is 0 Å². The second-order valence-corrected chi connectivity index (χ2v) is 5.33. The number of anilines is 1. The first-order valence-corrected chi connectivity index (χ1v) is 6.86. The summed E-state index contributed by atoms with van der Waals surface area (Å²) >= 11 is 0. The molecular formula is C16H18N4O. The zero-order chi connectivity index (χ0) is 15.0. The van der Waals surface area contributed by atoms with Crippen molar-refractivity contribution in [3.63, 3.8) is 0 Å². The zero-order valence-corrected chi connectivity index (χ0v) is 12.3. The van der Waals surface area contributed by atoms with E-state index < -0.39 is 6.10 Å². The number of aromatic amines is 1. The third-order valence-electron chi connectivity index (χ3n) is 3.44. The number of nitrogens with zero attached hydrogens (tertiary/aromatic N) is 3. The maximum absolute atomic E-state index is 9.59. The fraction of sp³-hybridized carbons (Fsp3) is 0.250. The Balaban J connectivity index is 2.00. The van der Waals surface area contributed by atoms with E-state index in [4.69, 9.17) is 0 Å². The smallest absolute Gasteiger partial charge is 0.135 e. The molecule has 0 aliphatic heterocycles. The van der Waals surface area contributed by atoms with Gasteiger partial charge in [0, 0.05) is 25.9 Å². The summed E-state index contributed by atoms with van der Waals surface area (Å²) in [5.74, 6) is 1.51. The molecule has 0 fully saturated rings. The summed E-state index contributed by atoms with van der Waals surface area (Å²) in [6, 6.07) is 10.0. The Morgan fingerprint density at radius 1 is 1.14 bits per heavy atom. The number of rotatable bonds is 3. The molecule has 3 rings (SSSR count). The van der Waals surface area contributed by atoms with Gasteiger partial charge in [-0.05, 0) is 36.8 Å². The molecule has 0 unspecified atom stereocenters. The molecule has 0 aliphatic carbocycles. The van der Waals surface area contributed by atoms with Crippen molar-refractivity contribution < 1.29 is 5.11 Å². The van der Waals surface area contributed by atoms with Crippen LogP contribution >= 0.6 is 0 Å². The van der Waals surface area contributed by atoms with Crippen molar-refractivity contribution in [1.82, 2.24) is 15.0 Å². The zero-order valence-electron chi connectivity index (χ0n) is 12.3. The van der Waals surface area contributed by atoms with E-state index in [0.717, 1.165) is 28.0 Å². The van der Waals surface area contributed by atoms with Gasteiger partial charge in [0.05, 0.1) is 11.0 Å². The lowest BCUT2D eigenvalue weighted by atomic mass is 10.1. The van der Waals surface area contributed by atoms with Crippen LogP contribution in [0.3, 0.4) is 0 Å². The van der Waals surface area contributed by atoms with E-state index in [1.165, 1.54) is 0 Å². The Labute approximate surface area is 123 Å². The van der Waals surface area contributed by atoms with Gasteiger partial charge in [0.15, 0.2) is 0 Å². The molecule has 2 N–H and O–H groups in total. The Bertz CT molecular complexity index is 760. The molecule has 0 spiro atoms. The maximum Gasteiger partial charge on any atom is 0.135 e. The third-order valence-corrected chi connectivity index (χ3v) is 3.44. The molecule has 3 aromatic rings. The molecular weight excluding hydrogens is 264 g/mol. The lowest BCUT2D eigenvalue weighted by Crippen LogP contribution is -2.09. The minimum atomic E-state index is -0.595. The number of hydrogen-bond acceptors (Lipinski definition) is 4. The fourth-order valence-corrected chi connectivity index (χ4v) is 2.23. The molecule has 5 nitrogen and oxygen atoms in total. The van der Waals surface area contributed by atoms with Crippen LogP contribution in [0.2, 0.25) is 0 Å². The number of hydrogen-bond donors (Lipinski definition) is 2. The van der Waals surface area contributed by atoms with Gasteiger partial charge < -0.3 is 15.0 Å². The van der Waals surface area contributed by atoms with Gasteiger partial charge in [-0.3, -0.25) is 0 Å². The number of aromatic nitrogens is 3. The van der Waals surface area contributed by atoms with E-state index >= 15 is 0 Å². The van der Waals surface area contributed by atoms with E-state index in [2.05, 4.69) is 21.0 Å². The molecule has 1 atom stereocenters. The average molecular weight is 282 g/mol. The summed E-state index contributed by atoms with van der Waals surface area (Å²) in [7, 11) is 3.94. The highest BCUT2D eigenvalue weighted by atomic mass is 16.3. The Morgan fingerprint density at radius 2 is 1.90 bits per heavy atom. The summed E-state index contributed by atoms with van der Waals surface area (Å²) in [5.41, 5.74) is 3.89. The first kappa shape index (κ1) is 13.6. The number of aliphatic hydroxyl groups is 1. The first-order chi connectivity index (χ1) is 10.0. The largest absolute Gasteiger partial charge is 0.385 e. The molecule has 0 amide bonds. The highest BCUT2D eigenvalue weighted by molar-refractivity contribution is 5.82. The van der Waals surface area contributed by atoms with Crippen LogP contribution in [0.15, 0.2) is 36.5 Å². The van der Waals surface area contributed by atoms with Crippen molar-refractivity contribution in [2.45, 2.75) is 13.0 Å². The minimum absolute atomic E-state index is 0.586. The Hall–Kier alpha value is -2.40. The molecule has 0 saturated heterocycles. The first-order valence-electron chi connectivity index (χ1n) is 6.86. The van der Waals surface area contributed by atoms with Gasteiger partial charge in [0.25, 0.3) is 0 Å². The monoisotopic (exact) mass is 282 g/mol. The Morgan fingerprint density at radius 3 is 2.52 bits per heavy atom. The van der Waals surface area contributed by atoms with Gasteiger partial charge in [-0.2, -0.15) is 0 Å². The molecule has 2 aromatic heterocycles. The van der Waals surface area contributed by atoms with Gasteiger partial charge in [-0.1, -0.05) is 6.07 Å². The van der Waals surface area contributed by atoms with Crippen LogP contribution in [0.25, 0.3) is 22.2 Å². The number of pyridine rings is 1. The van der Waals surface area contributed by atoms with Crippen LogP contribution in [-0.2, 0) is 0 Å². The molecule has 0 radical (unpaired) electrons. The molecule has 0 saturated carbocycles. The predicted octanol–water partition coefficient (Wildman–Crippen LogP) is 2.74. The van der Waals surface area contributed by atoms with Crippen LogP contribution in [-0.4, -0.2) is 34.2 Å². The van der Waals surface area contributed by atoms with E-state index in [-0.39, 0.29) is 0 Å². The third kappa shape index (κ3) is 2.60. The molecule has 2 heterocycles. The van der Waals surface area contributed by atoms with E-state index in [1.807, 2.05) is 49.5 Å². The van der Waals surface area contributed by atoms with E-state index in [0.29, 0.717) is 5.82 Å². The standard InChI is InChI=1S/C16H18N4O/c1-10(21)16-18-13-6-4-11(8-14(13)19-16)12-5-7-15(17-9-12)20(2)3/h4-10,21H,1-3H3,(H,18,19)/t10-/m0/s1. The molecule has 1 aromatic carbocycles. The normalized spacial score (nSPS) is 12.6. The molecule has 5 heteroatoms. The number of H-pyrrole nitrogens is 1. The van der Waals surface area contributed by atoms with Crippen molar-refractivity contribution in [2.24, 2.45) is 0 Å². The number of imidazole rings is 1. The predicted molar refractivity (Wildman–Crippen MR) is 84.3 cm³/mol. The number of nitrogens with one attached hydrogen (secondary N) is 1. The van der Waals surface area contributed by atoms with Crippen LogP contribution < -0.4 is 4.90 Å². The maximum atomic E-state index is 9.59. The van der Waals surface area contributed by atoms with Crippen molar-refractivity contribution in [3.05, 3.63) is 42.4 Å². The summed E-state index contributed by atoms with van der Waals surface area (Å²) in [5, 5.41) is 9.59. The molecule has 0 aliphatic rings. The van der Waals surface area contributed by atoms with Gasteiger partial charge >= 0.3 is 0 Å². The number of benzene rings is 1. The molecule has 21 heavy (non-hydrogen) atoms. The number of aliphatic hydroxyl groups excluding tert-OH is 1. The van der Waals surface area contributed by atoms with Crippen molar-refractivity contribution in [1.29, 1.82) is 0 Å². The van der Waals surface area contributed by atoms with Crippen LogP contribution in [0.5, 0.6) is 0 Å². The van der Waals surface area contributed by atoms with Crippen molar-refractivity contribution >= 4 is 16.9 Å².